The van der Waals surface area contributed by atoms with Crippen LogP contribution in [0.2, 0.25) is 0 Å². The average Bonchev–Trinajstić information content (AvgIpc) is 2.95. The van der Waals surface area contributed by atoms with Crippen molar-refractivity contribution in [3.05, 3.63) is 35.4 Å². The Labute approximate surface area is 88.9 Å². The van der Waals surface area contributed by atoms with Gasteiger partial charge in [-0.25, -0.2) is 0 Å². The number of hydrogen-bond donors (Lipinski definition) is 1. The van der Waals surface area contributed by atoms with Crippen LogP contribution in [-0.4, -0.2) is 11.1 Å². The largest absolute Gasteiger partial charge is 0.481 e. The van der Waals surface area contributed by atoms with Crippen molar-refractivity contribution in [2.75, 3.05) is 0 Å². The number of aliphatic carboxylic acids is 1. The third-order valence-electron chi connectivity index (χ3n) is 4.00. The molecule has 2 atom stereocenters. The molecule has 15 heavy (non-hydrogen) atoms. The van der Waals surface area contributed by atoms with Gasteiger partial charge < -0.3 is 5.11 Å². The maximum Gasteiger partial charge on any atom is 0.307 e. The Bertz CT molecular complexity index is 424. The molecule has 1 saturated carbocycles. The molecule has 1 N–H and O–H groups in total. The van der Waals surface area contributed by atoms with Crippen LogP contribution in [0.25, 0.3) is 0 Å². The van der Waals surface area contributed by atoms with Gasteiger partial charge in [0.15, 0.2) is 0 Å². The molecule has 2 aliphatic carbocycles. The molecule has 78 valence electrons. The van der Waals surface area contributed by atoms with Gasteiger partial charge >= 0.3 is 5.97 Å². The van der Waals surface area contributed by atoms with Crippen molar-refractivity contribution in [1.29, 1.82) is 0 Å². The van der Waals surface area contributed by atoms with Gasteiger partial charge in [-0.2, -0.15) is 0 Å². The fourth-order valence-corrected chi connectivity index (χ4v) is 3.16. The van der Waals surface area contributed by atoms with E-state index in [1.807, 2.05) is 6.07 Å². The van der Waals surface area contributed by atoms with Crippen molar-refractivity contribution >= 4 is 5.97 Å². The zero-order valence-electron chi connectivity index (χ0n) is 8.57. The summed E-state index contributed by atoms with van der Waals surface area (Å²) in [5.74, 6) is -0.745. The Hall–Kier alpha value is -1.31. The van der Waals surface area contributed by atoms with Crippen LogP contribution in [0.1, 0.15) is 30.4 Å². The highest BCUT2D eigenvalue weighted by atomic mass is 16.4. The van der Waals surface area contributed by atoms with E-state index in [4.69, 9.17) is 5.11 Å². The second-order valence-electron chi connectivity index (χ2n) is 4.76. The van der Waals surface area contributed by atoms with E-state index in [1.54, 1.807) is 0 Å². The third-order valence-corrected chi connectivity index (χ3v) is 4.00. The highest BCUT2D eigenvalue weighted by molar-refractivity contribution is 5.77. The summed E-state index contributed by atoms with van der Waals surface area (Å²) in [7, 11) is 0. The molecule has 1 spiro atoms. The Morgan fingerprint density at radius 2 is 2.20 bits per heavy atom. The van der Waals surface area contributed by atoms with E-state index in [1.165, 1.54) is 11.1 Å². The van der Waals surface area contributed by atoms with Gasteiger partial charge in [0.25, 0.3) is 0 Å². The first-order chi connectivity index (χ1) is 7.24. The van der Waals surface area contributed by atoms with Gasteiger partial charge in [0.1, 0.15) is 0 Å². The van der Waals surface area contributed by atoms with E-state index in [9.17, 15) is 4.79 Å². The molecule has 0 unspecified atom stereocenters. The topological polar surface area (TPSA) is 37.3 Å². The standard InChI is InChI=1S/C13H14O2/c14-12(15)11-8-13(11)7-3-5-9-4-1-2-6-10(9)13/h1-2,4,6,11H,3,5,7-8H2,(H,14,15)/t11-,13-/m1/s1. The van der Waals surface area contributed by atoms with Crippen LogP contribution in [0, 0.1) is 5.92 Å². The first-order valence-corrected chi connectivity index (χ1v) is 5.55. The SMILES string of the molecule is O=C(O)[C@H]1C[C@@]12CCCc1ccccc12. The number of benzene rings is 1. The molecule has 0 amide bonds. The van der Waals surface area contributed by atoms with Crippen molar-refractivity contribution < 1.29 is 9.90 Å². The first-order valence-electron chi connectivity index (χ1n) is 5.55. The summed E-state index contributed by atoms with van der Waals surface area (Å²) in [6.45, 7) is 0. The van der Waals surface area contributed by atoms with E-state index in [0.717, 1.165) is 25.7 Å². The normalized spacial score (nSPS) is 32.4. The molecule has 2 heteroatoms. The molecule has 0 heterocycles. The van der Waals surface area contributed by atoms with E-state index < -0.39 is 5.97 Å². The van der Waals surface area contributed by atoms with Crippen molar-refractivity contribution in [1.82, 2.24) is 0 Å². The summed E-state index contributed by atoms with van der Waals surface area (Å²) < 4.78 is 0. The Morgan fingerprint density at radius 1 is 1.40 bits per heavy atom. The molecule has 0 aromatic heterocycles. The fraction of sp³-hybridized carbons (Fsp3) is 0.462. The Morgan fingerprint density at radius 3 is 2.93 bits per heavy atom. The van der Waals surface area contributed by atoms with E-state index >= 15 is 0 Å². The van der Waals surface area contributed by atoms with Crippen LogP contribution >= 0.6 is 0 Å². The molecule has 3 rings (SSSR count). The molecule has 1 aromatic carbocycles. The van der Waals surface area contributed by atoms with Crippen LogP contribution in [0.3, 0.4) is 0 Å². The summed E-state index contributed by atoms with van der Waals surface area (Å²) in [4.78, 5) is 11.0. The van der Waals surface area contributed by atoms with Gasteiger partial charge in [-0.05, 0) is 36.8 Å². The van der Waals surface area contributed by atoms with Crippen LogP contribution < -0.4 is 0 Å². The molecule has 2 nitrogen and oxygen atoms in total. The van der Waals surface area contributed by atoms with Crippen LogP contribution in [0.4, 0.5) is 0 Å². The Balaban J connectivity index is 2.05. The summed E-state index contributed by atoms with van der Waals surface area (Å²) in [6.07, 6.45) is 4.16. The minimum absolute atomic E-state index is 0.000671. The first kappa shape index (κ1) is 8.96. The summed E-state index contributed by atoms with van der Waals surface area (Å²) >= 11 is 0. The number of carboxylic acids is 1. The minimum Gasteiger partial charge on any atom is -0.481 e. The monoisotopic (exact) mass is 202 g/mol. The van der Waals surface area contributed by atoms with Crippen LogP contribution in [0.5, 0.6) is 0 Å². The molecular formula is C13H14O2. The summed E-state index contributed by atoms with van der Waals surface area (Å²) in [6, 6.07) is 8.35. The number of fused-ring (bicyclic) bond motifs is 2. The van der Waals surface area contributed by atoms with E-state index in [-0.39, 0.29) is 11.3 Å². The van der Waals surface area contributed by atoms with Crippen LogP contribution in [0.15, 0.2) is 24.3 Å². The highest BCUT2D eigenvalue weighted by Crippen LogP contribution is 2.60. The van der Waals surface area contributed by atoms with Crippen molar-refractivity contribution in [2.45, 2.75) is 31.1 Å². The minimum atomic E-state index is -0.619. The lowest BCUT2D eigenvalue weighted by Gasteiger charge is -2.25. The number of carbonyl (C=O) groups is 1. The van der Waals surface area contributed by atoms with Gasteiger partial charge in [0.05, 0.1) is 5.92 Å². The summed E-state index contributed by atoms with van der Waals surface area (Å²) in [5, 5.41) is 9.10. The molecule has 0 saturated heterocycles. The van der Waals surface area contributed by atoms with Gasteiger partial charge in [-0.3, -0.25) is 4.79 Å². The van der Waals surface area contributed by atoms with Gasteiger partial charge in [0.2, 0.25) is 0 Å². The Kier molecular flexibility index (Phi) is 1.70. The van der Waals surface area contributed by atoms with Crippen molar-refractivity contribution in [3.8, 4) is 0 Å². The van der Waals surface area contributed by atoms with E-state index in [2.05, 4.69) is 18.2 Å². The summed E-state index contributed by atoms with van der Waals surface area (Å²) in [5.41, 5.74) is 2.68. The lowest BCUT2D eigenvalue weighted by molar-refractivity contribution is -0.139. The molecule has 1 fully saturated rings. The molecule has 0 bridgehead atoms. The second-order valence-corrected chi connectivity index (χ2v) is 4.76. The van der Waals surface area contributed by atoms with Gasteiger partial charge in [-0.1, -0.05) is 24.3 Å². The quantitative estimate of drug-likeness (QED) is 0.759. The number of carboxylic acid groups (broad SMARTS) is 1. The smallest absolute Gasteiger partial charge is 0.307 e. The van der Waals surface area contributed by atoms with E-state index in [0.29, 0.717) is 0 Å². The number of hydrogen-bond acceptors (Lipinski definition) is 1. The fourth-order valence-electron chi connectivity index (χ4n) is 3.16. The lowest BCUT2D eigenvalue weighted by atomic mass is 9.79. The lowest BCUT2D eigenvalue weighted by Crippen LogP contribution is -2.21. The molecule has 2 aliphatic rings. The van der Waals surface area contributed by atoms with Gasteiger partial charge in [0, 0.05) is 5.41 Å². The predicted molar refractivity (Wildman–Crippen MR) is 56.8 cm³/mol. The van der Waals surface area contributed by atoms with Crippen LogP contribution in [-0.2, 0) is 16.6 Å². The zero-order chi connectivity index (χ0) is 10.5. The highest BCUT2D eigenvalue weighted by Gasteiger charge is 2.60. The maximum absolute atomic E-state index is 11.0. The third kappa shape index (κ3) is 1.14. The van der Waals surface area contributed by atoms with Gasteiger partial charge in [-0.15, -0.1) is 0 Å². The van der Waals surface area contributed by atoms with Crippen molar-refractivity contribution in [2.24, 2.45) is 5.92 Å². The number of aryl methyl sites for hydroxylation is 1. The predicted octanol–water partition coefficient (Wildman–Crippen LogP) is 2.37. The van der Waals surface area contributed by atoms with Crippen molar-refractivity contribution in [3.63, 3.8) is 0 Å². The molecular weight excluding hydrogens is 188 g/mol. The molecule has 0 radical (unpaired) electrons. The maximum atomic E-state index is 11.0. The molecule has 0 aliphatic heterocycles. The second kappa shape index (κ2) is 2.84. The molecule has 1 aromatic rings. The number of rotatable bonds is 1. The average molecular weight is 202 g/mol. The zero-order valence-corrected chi connectivity index (χ0v) is 8.57.